The number of carbonyl (C=O) groups excluding carboxylic acids is 1. The minimum absolute atomic E-state index is 0.0265. The summed E-state index contributed by atoms with van der Waals surface area (Å²) in [5.74, 6) is 0.505. The maximum atomic E-state index is 13.0. The molecule has 144 valence electrons. The second kappa shape index (κ2) is 9.11. The van der Waals surface area contributed by atoms with Crippen LogP contribution in [-0.2, 0) is 6.42 Å². The molecule has 1 heterocycles. The minimum atomic E-state index is -0.219. The quantitative estimate of drug-likeness (QED) is 0.699. The number of aliphatic hydroxyl groups excluding tert-OH is 1. The Morgan fingerprint density at radius 1 is 1.04 bits per heavy atom. The van der Waals surface area contributed by atoms with Gasteiger partial charge in [-0.2, -0.15) is 0 Å². The first-order chi connectivity index (χ1) is 13.0. The van der Waals surface area contributed by atoms with Gasteiger partial charge in [0.05, 0.1) is 6.54 Å². The Balaban J connectivity index is 1.49. The Labute approximate surface area is 159 Å². The average Bonchev–Trinajstić information content (AvgIpc) is 3.05. The van der Waals surface area contributed by atoms with E-state index in [2.05, 4.69) is 4.90 Å². The first kappa shape index (κ1) is 19.5. The van der Waals surface area contributed by atoms with E-state index in [1.54, 1.807) is 12.1 Å². The van der Waals surface area contributed by atoms with Crippen LogP contribution in [0.5, 0.6) is 5.75 Å². The number of aromatic hydroxyl groups is 1. The molecule has 1 fully saturated rings. The fourth-order valence-electron chi connectivity index (χ4n) is 3.86. The van der Waals surface area contributed by atoms with Crippen molar-refractivity contribution in [2.45, 2.75) is 19.3 Å². The van der Waals surface area contributed by atoms with Crippen molar-refractivity contribution in [2.75, 3.05) is 26.2 Å². The summed E-state index contributed by atoms with van der Waals surface area (Å²) in [5.41, 5.74) is 1.71. The lowest BCUT2D eigenvalue weighted by atomic mass is 9.91. The number of carbonyl (C=O) groups is 1. The molecule has 0 aliphatic carbocycles. The van der Waals surface area contributed by atoms with Crippen LogP contribution in [0.25, 0.3) is 0 Å². The van der Waals surface area contributed by atoms with E-state index in [0.29, 0.717) is 18.0 Å². The van der Waals surface area contributed by atoms with Gasteiger partial charge in [0.25, 0.3) is 0 Å². The van der Waals surface area contributed by atoms with E-state index in [-0.39, 0.29) is 29.9 Å². The van der Waals surface area contributed by atoms with Crippen molar-refractivity contribution in [1.82, 2.24) is 4.90 Å². The van der Waals surface area contributed by atoms with Crippen molar-refractivity contribution in [3.8, 4) is 5.75 Å². The van der Waals surface area contributed by atoms with Crippen LogP contribution in [0.3, 0.4) is 0 Å². The monoisotopic (exact) mass is 371 g/mol. The molecule has 27 heavy (non-hydrogen) atoms. The molecule has 4 nitrogen and oxygen atoms in total. The van der Waals surface area contributed by atoms with Gasteiger partial charge in [0.15, 0.2) is 5.78 Å². The largest absolute Gasteiger partial charge is 0.508 e. The minimum Gasteiger partial charge on any atom is -0.508 e. The third-order valence-corrected chi connectivity index (χ3v) is 5.40. The third-order valence-electron chi connectivity index (χ3n) is 5.40. The molecule has 2 atom stereocenters. The Morgan fingerprint density at radius 2 is 1.70 bits per heavy atom. The van der Waals surface area contributed by atoms with E-state index >= 15 is 0 Å². The second-order valence-corrected chi connectivity index (χ2v) is 7.39. The van der Waals surface area contributed by atoms with Gasteiger partial charge in [-0.15, -0.1) is 0 Å². The van der Waals surface area contributed by atoms with Gasteiger partial charge in [-0.3, -0.25) is 9.69 Å². The molecular formula is C22H26FNO3. The SMILES string of the molecule is O=C(CN1C[C@@H](CCCc2ccc(F)cc2)[C@@H](CO)C1)c1ccc(O)cc1. The van der Waals surface area contributed by atoms with Gasteiger partial charge in [-0.25, -0.2) is 4.39 Å². The van der Waals surface area contributed by atoms with Crippen molar-refractivity contribution < 1.29 is 19.4 Å². The molecule has 0 aromatic heterocycles. The predicted molar refractivity (Wildman–Crippen MR) is 102 cm³/mol. The van der Waals surface area contributed by atoms with Gasteiger partial charge in [-0.1, -0.05) is 12.1 Å². The van der Waals surface area contributed by atoms with E-state index in [1.807, 2.05) is 12.1 Å². The number of hydrogen-bond donors (Lipinski definition) is 2. The van der Waals surface area contributed by atoms with Crippen LogP contribution in [0.1, 0.15) is 28.8 Å². The molecule has 0 amide bonds. The molecular weight excluding hydrogens is 345 g/mol. The number of phenols is 1. The molecule has 1 aliphatic heterocycles. The zero-order valence-corrected chi connectivity index (χ0v) is 15.4. The Kier molecular flexibility index (Phi) is 6.58. The first-order valence-corrected chi connectivity index (χ1v) is 9.45. The lowest BCUT2D eigenvalue weighted by Gasteiger charge is -2.16. The number of hydrogen-bond acceptors (Lipinski definition) is 4. The number of aliphatic hydroxyl groups is 1. The molecule has 2 aromatic carbocycles. The van der Waals surface area contributed by atoms with Crippen LogP contribution in [0.15, 0.2) is 48.5 Å². The molecule has 3 rings (SSSR count). The molecule has 2 N–H and O–H groups in total. The van der Waals surface area contributed by atoms with Crippen molar-refractivity contribution >= 4 is 5.78 Å². The lowest BCUT2D eigenvalue weighted by molar-refractivity contribution is 0.0940. The van der Waals surface area contributed by atoms with Gasteiger partial charge >= 0.3 is 0 Å². The van der Waals surface area contributed by atoms with E-state index in [9.17, 15) is 19.4 Å². The van der Waals surface area contributed by atoms with Gasteiger partial charge in [0, 0.05) is 25.3 Å². The standard InChI is InChI=1S/C22H26FNO3/c23-20-8-4-16(5-9-20)2-1-3-18-12-24(13-19(18)15-25)14-22(27)17-6-10-21(26)11-7-17/h4-11,18-19,25-26H,1-3,12-15H2/t18-,19-/m1/s1. The van der Waals surface area contributed by atoms with Gasteiger partial charge < -0.3 is 10.2 Å². The molecule has 1 saturated heterocycles. The van der Waals surface area contributed by atoms with Crippen LogP contribution >= 0.6 is 0 Å². The number of phenolic OH excluding ortho intramolecular Hbond substituents is 1. The van der Waals surface area contributed by atoms with Gasteiger partial charge in [-0.05, 0) is 73.1 Å². The molecule has 0 unspecified atom stereocenters. The third kappa shape index (κ3) is 5.37. The molecule has 1 aliphatic rings. The maximum absolute atomic E-state index is 13.0. The number of nitrogens with zero attached hydrogens (tertiary/aromatic N) is 1. The van der Waals surface area contributed by atoms with E-state index in [0.717, 1.165) is 37.9 Å². The topological polar surface area (TPSA) is 60.8 Å². The van der Waals surface area contributed by atoms with Crippen LogP contribution in [0.4, 0.5) is 4.39 Å². The molecule has 0 bridgehead atoms. The maximum Gasteiger partial charge on any atom is 0.176 e. The Bertz CT molecular complexity index is 745. The summed E-state index contributed by atoms with van der Waals surface area (Å²) in [6.07, 6.45) is 2.85. The van der Waals surface area contributed by atoms with Crippen molar-refractivity contribution in [1.29, 1.82) is 0 Å². The number of benzene rings is 2. The van der Waals surface area contributed by atoms with Crippen molar-refractivity contribution in [3.05, 3.63) is 65.5 Å². The molecule has 5 heteroatoms. The fourth-order valence-corrected chi connectivity index (χ4v) is 3.86. The normalized spacial score (nSPS) is 20.1. The van der Waals surface area contributed by atoms with E-state index < -0.39 is 0 Å². The van der Waals surface area contributed by atoms with Crippen LogP contribution in [0.2, 0.25) is 0 Å². The molecule has 0 saturated carbocycles. The van der Waals surface area contributed by atoms with E-state index in [4.69, 9.17) is 0 Å². The zero-order valence-electron chi connectivity index (χ0n) is 15.4. The lowest BCUT2D eigenvalue weighted by Crippen LogP contribution is -2.28. The summed E-state index contributed by atoms with van der Waals surface area (Å²) in [7, 11) is 0. The number of Topliss-reactive ketones (excluding diaryl/α,β-unsaturated/α-hetero) is 1. The summed E-state index contributed by atoms with van der Waals surface area (Å²) in [4.78, 5) is 14.5. The smallest absolute Gasteiger partial charge is 0.176 e. The predicted octanol–water partition coefficient (Wildman–Crippen LogP) is 3.28. The number of ketones is 1. The summed E-state index contributed by atoms with van der Waals surface area (Å²) in [5, 5.41) is 19.0. The number of halogens is 1. The number of likely N-dealkylation sites (tertiary alicyclic amines) is 1. The number of aryl methyl sites for hydroxylation is 1. The highest BCUT2D eigenvalue weighted by Crippen LogP contribution is 2.28. The van der Waals surface area contributed by atoms with Crippen LogP contribution in [-0.4, -0.2) is 47.1 Å². The van der Waals surface area contributed by atoms with Crippen molar-refractivity contribution in [3.63, 3.8) is 0 Å². The highest BCUT2D eigenvalue weighted by atomic mass is 19.1. The molecule has 0 spiro atoms. The first-order valence-electron chi connectivity index (χ1n) is 9.45. The molecule has 0 radical (unpaired) electrons. The fraction of sp³-hybridized carbons (Fsp3) is 0.409. The summed E-state index contributed by atoms with van der Waals surface area (Å²) in [6.45, 7) is 1.99. The molecule has 2 aromatic rings. The van der Waals surface area contributed by atoms with Gasteiger partial charge in [0.1, 0.15) is 11.6 Å². The Morgan fingerprint density at radius 3 is 2.37 bits per heavy atom. The van der Waals surface area contributed by atoms with E-state index in [1.165, 1.54) is 24.3 Å². The van der Waals surface area contributed by atoms with Crippen LogP contribution in [0, 0.1) is 17.7 Å². The highest BCUT2D eigenvalue weighted by Gasteiger charge is 2.32. The average molecular weight is 371 g/mol. The van der Waals surface area contributed by atoms with Crippen LogP contribution < -0.4 is 0 Å². The second-order valence-electron chi connectivity index (χ2n) is 7.39. The highest BCUT2D eigenvalue weighted by molar-refractivity contribution is 5.97. The summed E-state index contributed by atoms with van der Waals surface area (Å²) >= 11 is 0. The summed E-state index contributed by atoms with van der Waals surface area (Å²) < 4.78 is 13.0. The summed E-state index contributed by atoms with van der Waals surface area (Å²) in [6, 6.07) is 12.9. The number of rotatable bonds is 8. The zero-order chi connectivity index (χ0) is 19.2. The Hall–Kier alpha value is -2.24. The van der Waals surface area contributed by atoms with Gasteiger partial charge in [0.2, 0.25) is 0 Å². The van der Waals surface area contributed by atoms with Crippen molar-refractivity contribution in [2.24, 2.45) is 11.8 Å².